The highest BCUT2D eigenvalue weighted by molar-refractivity contribution is 5.96. The van der Waals surface area contributed by atoms with E-state index >= 15 is 0 Å². The second kappa shape index (κ2) is 7.37. The predicted molar refractivity (Wildman–Crippen MR) is 117 cm³/mol. The Morgan fingerprint density at radius 3 is 2.37 bits per heavy atom. The van der Waals surface area contributed by atoms with Gasteiger partial charge in [0.2, 0.25) is 5.88 Å². The summed E-state index contributed by atoms with van der Waals surface area (Å²) in [6.45, 7) is 3.91. The lowest BCUT2D eigenvalue weighted by atomic mass is 9.49. The minimum Gasteiger partial charge on any atom is -0.475 e. The minimum absolute atomic E-state index is 0.186. The van der Waals surface area contributed by atoms with Crippen molar-refractivity contribution in [1.29, 1.82) is 0 Å². The van der Waals surface area contributed by atoms with Gasteiger partial charge in [0.05, 0.1) is 16.3 Å². The van der Waals surface area contributed by atoms with Crippen LogP contribution in [0.2, 0.25) is 0 Å². The molecule has 5 fully saturated rings. The maximum absolute atomic E-state index is 13.9. The Labute approximate surface area is 178 Å². The van der Waals surface area contributed by atoms with Gasteiger partial charge in [-0.2, -0.15) is 4.68 Å². The van der Waals surface area contributed by atoms with Crippen LogP contribution < -0.4 is 4.74 Å². The van der Waals surface area contributed by atoms with Gasteiger partial charge in [0.15, 0.2) is 0 Å². The van der Waals surface area contributed by atoms with Gasteiger partial charge < -0.3 is 4.74 Å². The van der Waals surface area contributed by atoms with Crippen LogP contribution in [0.15, 0.2) is 24.3 Å². The van der Waals surface area contributed by atoms with Crippen molar-refractivity contribution in [2.24, 2.45) is 23.2 Å². The van der Waals surface area contributed by atoms with Crippen molar-refractivity contribution in [3.8, 4) is 5.88 Å². The molecule has 1 saturated heterocycles. The fourth-order valence-electron chi connectivity index (χ4n) is 7.35. The molecule has 160 valence electrons. The predicted octanol–water partition coefficient (Wildman–Crippen LogP) is 4.76. The van der Waals surface area contributed by atoms with Crippen LogP contribution in [0.4, 0.5) is 0 Å². The monoisotopic (exact) mass is 407 g/mol. The molecule has 1 aromatic carbocycles. The van der Waals surface area contributed by atoms with Crippen LogP contribution in [-0.4, -0.2) is 46.8 Å². The lowest BCUT2D eigenvalue weighted by Gasteiger charge is -2.55. The van der Waals surface area contributed by atoms with Crippen LogP contribution in [0.3, 0.4) is 0 Å². The molecule has 0 N–H and O–H groups in total. The first kappa shape index (κ1) is 18.9. The molecule has 1 aromatic heterocycles. The van der Waals surface area contributed by atoms with E-state index in [0.717, 1.165) is 54.5 Å². The lowest BCUT2D eigenvalue weighted by Crippen LogP contribution is -2.51. The Hall–Kier alpha value is -1.88. The van der Waals surface area contributed by atoms with Crippen molar-refractivity contribution in [2.75, 3.05) is 26.2 Å². The number of fused-ring (bicyclic) bond motifs is 1. The van der Waals surface area contributed by atoms with E-state index in [0.29, 0.717) is 12.5 Å². The SMILES string of the molecule is O=C(n1nc(OCCN2CCCCC2)c2ccccc21)C12CC3CC(CC(C3)C1)C2. The Morgan fingerprint density at radius 2 is 1.67 bits per heavy atom. The highest BCUT2D eigenvalue weighted by Gasteiger charge is 2.55. The van der Waals surface area contributed by atoms with Crippen molar-refractivity contribution in [3.63, 3.8) is 0 Å². The molecule has 7 rings (SSSR count). The zero-order chi connectivity index (χ0) is 20.1. The number of likely N-dealkylation sites (tertiary alicyclic amines) is 1. The van der Waals surface area contributed by atoms with Crippen LogP contribution >= 0.6 is 0 Å². The van der Waals surface area contributed by atoms with Gasteiger partial charge in [0.1, 0.15) is 6.61 Å². The van der Waals surface area contributed by atoms with Crippen LogP contribution in [0, 0.1) is 23.2 Å². The molecule has 0 unspecified atom stereocenters. The van der Waals surface area contributed by atoms with Gasteiger partial charge in [-0.3, -0.25) is 9.69 Å². The zero-order valence-corrected chi connectivity index (χ0v) is 17.9. The third-order valence-corrected chi connectivity index (χ3v) is 8.33. The number of rotatable bonds is 5. The summed E-state index contributed by atoms with van der Waals surface area (Å²) in [5.41, 5.74) is 0.723. The maximum Gasteiger partial charge on any atom is 0.253 e. The van der Waals surface area contributed by atoms with Crippen molar-refractivity contribution >= 4 is 16.8 Å². The first-order chi connectivity index (χ1) is 14.7. The van der Waals surface area contributed by atoms with Crippen molar-refractivity contribution < 1.29 is 9.53 Å². The highest BCUT2D eigenvalue weighted by Crippen LogP contribution is 2.60. The van der Waals surface area contributed by atoms with Crippen LogP contribution in [0.1, 0.15) is 62.6 Å². The molecular weight excluding hydrogens is 374 g/mol. The molecule has 4 bridgehead atoms. The van der Waals surface area contributed by atoms with E-state index in [2.05, 4.69) is 4.90 Å². The van der Waals surface area contributed by atoms with Crippen LogP contribution in [0.25, 0.3) is 10.9 Å². The molecule has 0 spiro atoms. The molecule has 2 heterocycles. The molecule has 5 nitrogen and oxygen atoms in total. The standard InChI is InChI=1S/C25H33N3O2/c29-24(25-15-18-12-19(16-25)14-20(13-18)17-25)28-22-7-3-2-6-21(22)23(26-28)30-11-10-27-8-4-1-5-9-27/h2-3,6-7,18-20H,1,4-5,8-17H2. The quantitative estimate of drug-likeness (QED) is 0.717. The van der Waals surface area contributed by atoms with E-state index in [1.807, 2.05) is 24.3 Å². The Morgan fingerprint density at radius 1 is 1.00 bits per heavy atom. The number of nitrogens with zero attached hydrogens (tertiary/aromatic N) is 3. The molecule has 5 aliphatic rings. The van der Waals surface area contributed by atoms with Crippen LogP contribution in [0.5, 0.6) is 5.88 Å². The number of aromatic nitrogens is 2. The van der Waals surface area contributed by atoms with E-state index in [9.17, 15) is 4.79 Å². The van der Waals surface area contributed by atoms with Crippen molar-refractivity contribution in [2.45, 2.75) is 57.8 Å². The molecular formula is C25H33N3O2. The number of hydrogen-bond acceptors (Lipinski definition) is 4. The molecule has 0 radical (unpaired) electrons. The number of para-hydroxylation sites is 1. The van der Waals surface area contributed by atoms with Gasteiger partial charge in [-0.1, -0.05) is 18.6 Å². The fraction of sp³-hybridized carbons (Fsp3) is 0.680. The van der Waals surface area contributed by atoms with Crippen LogP contribution in [-0.2, 0) is 0 Å². The zero-order valence-electron chi connectivity index (χ0n) is 17.9. The third-order valence-electron chi connectivity index (χ3n) is 8.33. The van der Waals surface area contributed by atoms with Gasteiger partial charge in [-0.05, 0) is 94.3 Å². The van der Waals surface area contributed by atoms with E-state index < -0.39 is 0 Å². The minimum atomic E-state index is -0.186. The van der Waals surface area contributed by atoms with E-state index in [-0.39, 0.29) is 11.3 Å². The number of ether oxygens (including phenoxy) is 1. The average molecular weight is 408 g/mol. The lowest BCUT2D eigenvalue weighted by molar-refractivity contribution is -0.0406. The molecule has 5 heteroatoms. The normalized spacial score (nSPS) is 33.3. The topological polar surface area (TPSA) is 47.4 Å². The third kappa shape index (κ3) is 3.17. The van der Waals surface area contributed by atoms with Crippen molar-refractivity contribution in [1.82, 2.24) is 14.7 Å². The fourth-order valence-corrected chi connectivity index (χ4v) is 7.35. The summed E-state index contributed by atoms with van der Waals surface area (Å²) in [5, 5.41) is 5.72. The number of hydrogen-bond donors (Lipinski definition) is 0. The Bertz CT molecular complexity index is 908. The summed E-state index contributed by atoms with van der Waals surface area (Å²) in [7, 11) is 0. The van der Waals surface area contributed by atoms with E-state index in [1.165, 1.54) is 51.6 Å². The largest absolute Gasteiger partial charge is 0.475 e. The second-order valence-corrected chi connectivity index (χ2v) is 10.5. The first-order valence-electron chi connectivity index (χ1n) is 12.1. The summed E-state index contributed by atoms with van der Waals surface area (Å²) in [4.78, 5) is 16.4. The summed E-state index contributed by atoms with van der Waals surface area (Å²) in [6.07, 6.45) is 11.2. The molecule has 4 saturated carbocycles. The summed E-state index contributed by atoms with van der Waals surface area (Å²) in [6, 6.07) is 8.09. The Kier molecular flexibility index (Phi) is 4.63. The number of benzene rings is 1. The van der Waals surface area contributed by atoms with Gasteiger partial charge in [-0.25, -0.2) is 0 Å². The van der Waals surface area contributed by atoms with Gasteiger partial charge in [0, 0.05) is 6.54 Å². The molecule has 0 amide bonds. The molecule has 0 atom stereocenters. The molecule has 30 heavy (non-hydrogen) atoms. The molecule has 1 aliphatic heterocycles. The second-order valence-electron chi connectivity index (χ2n) is 10.5. The summed E-state index contributed by atoms with van der Waals surface area (Å²) in [5.74, 6) is 3.11. The number of piperidine rings is 1. The average Bonchev–Trinajstić information content (AvgIpc) is 3.12. The highest BCUT2D eigenvalue weighted by atomic mass is 16.5. The van der Waals surface area contributed by atoms with Gasteiger partial charge in [0.25, 0.3) is 5.91 Å². The van der Waals surface area contributed by atoms with Gasteiger partial charge in [-0.15, -0.1) is 5.10 Å². The Balaban J connectivity index is 1.25. The molecule has 2 aromatic rings. The summed E-state index contributed by atoms with van der Waals surface area (Å²) >= 11 is 0. The van der Waals surface area contributed by atoms with E-state index in [1.54, 1.807) is 4.68 Å². The first-order valence-corrected chi connectivity index (χ1v) is 12.1. The number of carbonyl (C=O) groups is 1. The number of carbonyl (C=O) groups excluding carboxylic acids is 1. The van der Waals surface area contributed by atoms with Crippen molar-refractivity contribution in [3.05, 3.63) is 24.3 Å². The maximum atomic E-state index is 13.9. The smallest absolute Gasteiger partial charge is 0.253 e. The van der Waals surface area contributed by atoms with E-state index in [4.69, 9.17) is 9.84 Å². The van der Waals surface area contributed by atoms with Gasteiger partial charge >= 0.3 is 0 Å². The summed E-state index contributed by atoms with van der Waals surface area (Å²) < 4.78 is 7.85. The molecule has 4 aliphatic carbocycles.